The summed E-state index contributed by atoms with van der Waals surface area (Å²) in [5.74, 6) is -0.464. The molecule has 2 unspecified atom stereocenters. The van der Waals surface area contributed by atoms with Crippen molar-refractivity contribution in [1.29, 1.82) is 0 Å². The highest BCUT2D eigenvalue weighted by molar-refractivity contribution is 6.27. The molecule has 1 aliphatic carbocycles. The summed E-state index contributed by atoms with van der Waals surface area (Å²) in [5, 5.41) is 8.45. The standard InChI is InChI=1S/C20H25ClN4O/c1-4-5-8-11-20(21)13-12-19(17(22)26,14-18(20,2)3)25-16-10-7-6-9-15(16)23-24-25/h6-13H,4-5,14H2,1-3H3,(H2,22,26). The first-order valence-electron chi connectivity index (χ1n) is 8.94. The van der Waals surface area contributed by atoms with E-state index >= 15 is 0 Å². The molecule has 0 saturated carbocycles. The molecule has 1 aromatic carbocycles. The van der Waals surface area contributed by atoms with Gasteiger partial charge in [-0.05, 0) is 36.5 Å². The molecule has 0 bridgehead atoms. The Bertz CT molecular complexity index is 885. The Morgan fingerprint density at radius 3 is 2.73 bits per heavy atom. The molecular weight excluding hydrogens is 348 g/mol. The molecule has 0 radical (unpaired) electrons. The number of fused-ring (bicyclic) bond motifs is 1. The van der Waals surface area contributed by atoms with Crippen LogP contribution in [-0.2, 0) is 10.3 Å². The zero-order chi connectivity index (χ0) is 19.0. The van der Waals surface area contributed by atoms with Crippen LogP contribution < -0.4 is 5.73 Å². The minimum Gasteiger partial charge on any atom is -0.367 e. The molecule has 5 nitrogen and oxygen atoms in total. The number of nitrogens with two attached hydrogens (primary N) is 1. The van der Waals surface area contributed by atoms with Gasteiger partial charge in [-0.25, -0.2) is 4.68 Å². The molecule has 26 heavy (non-hydrogen) atoms. The number of rotatable bonds is 5. The summed E-state index contributed by atoms with van der Waals surface area (Å²) in [5.41, 5.74) is 5.85. The summed E-state index contributed by atoms with van der Waals surface area (Å²) in [6.45, 7) is 6.23. The fourth-order valence-corrected chi connectivity index (χ4v) is 3.86. The molecule has 0 fully saturated rings. The van der Waals surface area contributed by atoms with Crippen LogP contribution in [0.3, 0.4) is 0 Å². The number of carbonyl (C=O) groups is 1. The number of para-hydroxylation sites is 1. The molecule has 1 amide bonds. The third-order valence-electron chi connectivity index (χ3n) is 5.32. The van der Waals surface area contributed by atoms with Crippen LogP contribution >= 0.6 is 11.6 Å². The third kappa shape index (κ3) is 2.84. The largest absolute Gasteiger partial charge is 0.367 e. The number of halogens is 1. The quantitative estimate of drug-likeness (QED) is 0.638. The molecule has 0 saturated heterocycles. The van der Waals surface area contributed by atoms with E-state index < -0.39 is 21.7 Å². The van der Waals surface area contributed by atoms with Gasteiger partial charge in [-0.15, -0.1) is 16.7 Å². The topological polar surface area (TPSA) is 73.8 Å². The number of alkyl halides is 1. The van der Waals surface area contributed by atoms with Gasteiger partial charge in [0, 0.05) is 0 Å². The fourth-order valence-electron chi connectivity index (χ4n) is 3.64. The van der Waals surface area contributed by atoms with Crippen molar-refractivity contribution in [3.05, 3.63) is 48.6 Å². The SMILES string of the molecule is CCCC=CC1(Cl)C=CC(C(N)=O)(n2nnc3ccccc32)CC1(C)C. The van der Waals surface area contributed by atoms with Gasteiger partial charge in [-0.2, -0.15) is 0 Å². The maximum absolute atomic E-state index is 12.6. The molecule has 2 atom stereocenters. The average Bonchev–Trinajstić information content (AvgIpc) is 3.02. The Morgan fingerprint density at radius 1 is 1.35 bits per heavy atom. The second-order valence-electron chi connectivity index (χ2n) is 7.63. The molecule has 1 aromatic heterocycles. The van der Waals surface area contributed by atoms with E-state index in [-0.39, 0.29) is 0 Å². The van der Waals surface area contributed by atoms with Gasteiger partial charge in [0.2, 0.25) is 5.91 Å². The van der Waals surface area contributed by atoms with E-state index in [1.54, 1.807) is 10.8 Å². The van der Waals surface area contributed by atoms with Gasteiger partial charge in [0.05, 0.1) is 10.4 Å². The Hall–Kier alpha value is -2.14. The third-order valence-corrected chi connectivity index (χ3v) is 6.09. The van der Waals surface area contributed by atoms with Crippen molar-refractivity contribution in [3.8, 4) is 0 Å². The van der Waals surface area contributed by atoms with Crippen LogP contribution in [-0.4, -0.2) is 25.8 Å². The number of amides is 1. The van der Waals surface area contributed by atoms with Crippen molar-refractivity contribution in [1.82, 2.24) is 15.0 Å². The van der Waals surface area contributed by atoms with E-state index in [9.17, 15) is 4.79 Å². The van der Waals surface area contributed by atoms with Crippen molar-refractivity contribution in [3.63, 3.8) is 0 Å². The van der Waals surface area contributed by atoms with E-state index in [0.717, 1.165) is 23.9 Å². The van der Waals surface area contributed by atoms with E-state index in [4.69, 9.17) is 17.3 Å². The number of benzene rings is 1. The lowest BCUT2D eigenvalue weighted by atomic mass is 9.65. The summed E-state index contributed by atoms with van der Waals surface area (Å²) in [4.78, 5) is 11.9. The number of hydrogen-bond acceptors (Lipinski definition) is 3. The van der Waals surface area contributed by atoms with Crippen LogP contribution in [0, 0.1) is 5.41 Å². The number of primary amides is 1. The lowest BCUT2D eigenvalue weighted by Crippen LogP contribution is -2.54. The number of hydrogen-bond donors (Lipinski definition) is 1. The Labute approximate surface area is 158 Å². The van der Waals surface area contributed by atoms with Gasteiger partial charge in [-0.1, -0.05) is 62.8 Å². The van der Waals surface area contributed by atoms with Gasteiger partial charge in [0.15, 0.2) is 5.54 Å². The highest BCUT2D eigenvalue weighted by atomic mass is 35.5. The number of unbranched alkanes of at least 4 members (excludes halogenated alkanes) is 1. The monoisotopic (exact) mass is 372 g/mol. The lowest BCUT2D eigenvalue weighted by Gasteiger charge is -2.47. The fraction of sp³-hybridized carbons (Fsp3) is 0.450. The molecule has 0 aliphatic heterocycles. The molecule has 3 rings (SSSR count). The molecular formula is C20H25ClN4O. The van der Waals surface area contributed by atoms with Crippen molar-refractivity contribution in [2.45, 2.75) is 50.4 Å². The molecule has 6 heteroatoms. The second kappa shape index (κ2) is 6.54. The maximum Gasteiger partial charge on any atom is 0.249 e. The molecule has 2 N–H and O–H groups in total. The van der Waals surface area contributed by atoms with E-state index in [1.807, 2.05) is 36.4 Å². The Balaban J connectivity index is 2.14. The Morgan fingerprint density at radius 2 is 2.08 bits per heavy atom. The average molecular weight is 373 g/mol. The van der Waals surface area contributed by atoms with Crippen molar-refractivity contribution in [2.24, 2.45) is 11.1 Å². The van der Waals surface area contributed by atoms with Gasteiger partial charge < -0.3 is 5.73 Å². The number of nitrogens with zero attached hydrogens (tertiary/aromatic N) is 3. The number of allylic oxidation sites excluding steroid dienone is 3. The van der Waals surface area contributed by atoms with Crippen LogP contribution in [0.25, 0.3) is 11.0 Å². The van der Waals surface area contributed by atoms with E-state index in [1.165, 1.54) is 0 Å². The minimum absolute atomic E-state index is 0.421. The molecule has 1 aliphatic rings. The van der Waals surface area contributed by atoms with Gasteiger partial charge in [0.25, 0.3) is 0 Å². The normalized spacial score (nSPS) is 28.0. The van der Waals surface area contributed by atoms with Crippen LogP contribution in [0.1, 0.15) is 40.0 Å². The van der Waals surface area contributed by atoms with Crippen LogP contribution in [0.15, 0.2) is 48.6 Å². The van der Waals surface area contributed by atoms with Gasteiger partial charge >= 0.3 is 0 Å². The van der Waals surface area contributed by atoms with Crippen molar-refractivity contribution < 1.29 is 4.79 Å². The second-order valence-corrected chi connectivity index (χ2v) is 8.26. The van der Waals surface area contributed by atoms with E-state index in [2.05, 4.69) is 37.2 Å². The highest BCUT2D eigenvalue weighted by Crippen LogP contribution is 2.51. The minimum atomic E-state index is -1.10. The predicted molar refractivity (Wildman–Crippen MR) is 105 cm³/mol. The van der Waals surface area contributed by atoms with Gasteiger partial charge in [0.1, 0.15) is 5.52 Å². The summed E-state index contributed by atoms with van der Waals surface area (Å²) in [6, 6.07) is 7.55. The lowest BCUT2D eigenvalue weighted by molar-refractivity contribution is -0.126. The maximum atomic E-state index is 12.6. The summed E-state index contributed by atoms with van der Waals surface area (Å²) in [7, 11) is 0. The Kier molecular flexibility index (Phi) is 4.69. The smallest absolute Gasteiger partial charge is 0.249 e. The molecule has 2 aromatic rings. The summed E-state index contributed by atoms with van der Waals surface area (Å²) < 4.78 is 1.63. The van der Waals surface area contributed by atoms with Crippen LogP contribution in [0.4, 0.5) is 0 Å². The zero-order valence-electron chi connectivity index (χ0n) is 15.4. The summed E-state index contributed by atoms with van der Waals surface area (Å²) in [6.07, 6.45) is 10.3. The van der Waals surface area contributed by atoms with Crippen LogP contribution in [0.5, 0.6) is 0 Å². The molecule has 138 valence electrons. The first-order chi connectivity index (χ1) is 12.3. The number of aromatic nitrogens is 3. The molecule has 1 heterocycles. The highest BCUT2D eigenvalue weighted by Gasteiger charge is 2.53. The van der Waals surface area contributed by atoms with Crippen molar-refractivity contribution >= 4 is 28.5 Å². The van der Waals surface area contributed by atoms with Gasteiger partial charge in [-0.3, -0.25) is 4.79 Å². The van der Waals surface area contributed by atoms with E-state index in [0.29, 0.717) is 6.42 Å². The number of carbonyl (C=O) groups excluding carboxylic acids is 1. The molecule has 0 spiro atoms. The summed E-state index contributed by atoms with van der Waals surface area (Å²) >= 11 is 6.94. The zero-order valence-corrected chi connectivity index (χ0v) is 16.2. The predicted octanol–water partition coefficient (Wildman–Crippen LogP) is 3.93. The van der Waals surface area contributed by atoms with Crippen molar-refractivity contribution in [2.75, 3.05) is 0 Å². The first kappa shape index (κ1) is 18.6. The van der Waals surface area contributed by atoms with Crippen LogP contribution in [0.2, 0.25) is 0 Å². The first-order valence-corrected chi connectivity index (χ1v) is 9.31.